The van der Waals surface area contributed by atoms with E-state index in [4.69, 9.17) is 4.98 Å². The molecule has 1 aromatic heterocycles. The Labute approximate surface area is 210 Å². The first-order valence-corrected chi connectivity index (χ1v) is 12.8. The van der Waals surface area contributed by atoms with Crippen molar-refractivity contribution in [1.82, 2.24) is 14.5 Å². The number of fused-ring (bicyclic) bond motifs is 1. The van der Waals surface area contributed by atoms with Gasteiger partial charge in [0.15, 0.2) is 0 Å². The summed E-state index contributed by atoms with van der Waals surface area (Å²) in [4.78, 5) is 35.1. The van der Waals surface area contributed by atoms with Gasteiger partial charge in [-0.2, -0.15) is 0 Å². The summed E-state index contributed by atoms with van der Waals surface area (Å²) in [6.07, 6.45) is 0.384. The number of imidazole rings is 1. The van der Waals surface area contributed by atoms with Crippen LogP contribution in [0, 0.1) is 11.8 Å². The minimum absolute atomic E-state index is 0.0694. The number of halogens is 1. The van der Waals surface area contributed by atoms with Gasteiger partial charge in [-0.3, -0.25) is 9.59 Å². The number of carbonyl (C=O) groups excluding carboxylic acids is 2. The van der Waals surface area contributed by atoms with Crippen molar-refractivity contribution in [3.05, 3.63) is 58.8 Å². The summed E-state index contributed by atoms with van der Waals surface area (Å²) in [5, 5.41) is 0. The van der Waals surface area contributed by atoms with Gasteiger partial charge in [-0.1, -0.05) is 55.8 Å². The van der Waals surface area contributed by atoms with E-state index in [1.807, 2.05) is 62.9 Å². The van der Waals surface area contributed by atoms with E-state index in [-0.39, 0.29) is 24.3 Å². The highest BCUT2D eigenvalue weighted by atomic mass is 79.9. The molecule has 0 radical (unpaired) electrons. The predicted octanol–water partition coefficient (Wildman–Crippen LogP) is 5.46. The lowest BCUT2D eigenvalue weighted by molar-refractivity contribution is -0.132. The van der Waals surface area contributed by atoms with Crippen LogP contribution in [0.25, 0.3) is 11.0 Å². The summed E-state index contributed by atoms with van der Waals surface area (Å²) >= 11 is 3.46. The second-order valence-corrected chi connectivity index (χ2v) is 10.9. The first kappa shape index (κ1) is 24.5. The molecule has 0 N–H and O–H groups in total. The molecule has 0 spiro atoms. The zero-order valence-electron chi connectivity index (χ0n) is 20.4. The van der Waals surface area contributed by atoms with E-state index in [2.05, 4.69) is 43.6 Å². The molecule has 34 heavy (non-hydrogen) atoms. The first-order valence-electron chi connectivity index (χ1n) is 12.0. The highest BCUT2D eigenvalue weighted by Crippen LogP contribution is 2.33. The largest absolute Gasteiger partial charge is 0.341 e. The molecule has 3 aromatic rings. The number of carbonyl (C=O) groups is 2. The van der Waals surface area contributed by atoms with E-state index in [1.54, 1.807) is 0 Å². The standard InChI is InChI=1S/C27H33BrN4O2/c1-18(2)14-30(15-19(3)4)26(34)17-32-24-8-6-5-7-23(24)29-27(32)20-13-25(33)31(16-20)22-11-9-21(28)10-12-22/h5-12,18-20H,13-17H2,1-4H3. The molecule has 0 aliphatic carbocycles. The summed E-state index contributed by atoms with van der Waals surface area (Å²) in [6, 6.07) is 15.7. The number of para-hydroxylation sites is 2. The third-order valence-electron chi connectivity index (χ3n) is 6.13. The maximum Gasteiger partial charge on any atom is 0.242 e. The van der Waals surface area contributed by atoms with Crippen LogP contribution < -0.4 is 4.90 Å². The van der Waals surface area contributed by atoms with Crippen LogP contribution in [-0.2, 0) is 16.1 Å². The zero-order chi connectivity index (χ0) is 24.4. The molecule has 1 unspecified atom stereocenters. The molecule has 1 fully saturated rings. The number of hydrogen-bond donors (Lipinski definition) is 0. The van der Waals surface area contributed by atoms with E-state index < -0.39 is 0 Å². The van der Waals surface area contributed by atoms with Gasteiger partial charge in [0.1, 0.15) is 12.4 Å². The SMILES string of the molecule is CC(C)CN(CC(C)C)C(=O)Cn1c(C2CC(=O)N(c3ccc(Br)cc3)C2)nc2ccccc21. The third kappa shape index (κ3) is 5.35. The molecule has 180 valence electrons. The smallest absolute Gasteiger partial charge is 0.242 e. The number of benzene rings is 2. The van der Waals surface area contributed by atoms with Crippen molar-refractivity contribution in [1.29, 1.82) is 0 Å². The molecule has 2 amide bonds. The molecular formula is C27H33BrN4O2. The van der Waals surface area contributed by atoms with E-state index in [0.717, 1.165) is 40.1 Å². The Balaban J connectivity index is 1.65. The van der Waals surface area contributed by atoms with E-state index in [9.17, 15) is 9.59 Å². The lowest BCUT2D eigenvalue weighted by Crippen LogP contribution is -2.39. The molecule has 7 heteroatoms. The van der Waals surface area contributed by atoms with Gasteiger partial charge in [0.25, 0.3) is 0 Å². The maximum absolute atomic E-state index is 13.5. The van der Waals surface area contributed by atoms with Crippen molar-refractivity contribution in [2.24, 2.45) is 11.8 Å². The summed E-state index contributed by atoms with van der Waals surface area (Å²) in [5.41, 5.74) is 2.68. The van der Waals surface area contributed by atoms with Crippen LogP contribution in [0.15, 0.2) is 53.0 Å². The zero-order valence-corrected chi connectivity index (χ0v) is 22.0. The molecule has 2 heterocycles. The number of anilines is 1. The summed E-state index contributed by atoms with van der Waals surface area (Å²) in [7, 11) is 0. The fraction of sp³-hybridized carbons (Fsp3) is 0.444. The average Bonchev–Trinajstić information content (AvgIpc) is 3.34. The van der Waals surface area contributed by atoms with Gasteiger partial charge in [-0.25, -0.2) is 4.98 Å². The topological polar surface area (TPSA) is 58.4 Å². The molecular weight excluding hydrogens is 492 g/mol. The number of aromatic nitrogens is 2. The summed E-state index contributed by atoms with van der Waals surface area (Å²) in [6.45, 7) is 10.8. The van der Waals surface area contributed by atoms with Crippen LogP contribution in [0.5, 0.6) is 0 Å². The van der Waals surface area contributed by atoms with Gasteiger partial charge < -0.3 is 14.4 Å². The fourth-order valence-electron chi connectivity index (χ4n) is 4.72. The second-order valence-electron chi connectivity index (χ2n) is 10.0. The number of nitrogens with zero attached hydrogens (tertiary/aromatic N) is 4. The van der Waals surface area contributed by atoms with Crippen molar-refractivity contribution in [2.45, 2.75) is 46.6 Å². The molecule has 1 atom stereocenters. The molecule has 1 aliphatic rings. The Kier molecular flexibility index (Phi) is 7.41. The Bertz CT molecular complexity index is 1160. The lowest BCUT2D eigenvalue weighted by Gasteiger charge is -2.27. The average molecular weight is 525 g/mol. The third-order valence-corrected chi connectivity index (χ3v) is 6.66. The second kappa shape index (κ2) is 10.3. The molecule has 0 bridgehead atoms. The van der Waals surface area contributed by atoms with Crippen LogP contribution in [0.3, 0.4) is 0 Å². The van der Waals surface area contributed by atoms with Crippen LogP contribution in [0.1, 0.15) is 45.9 Å². The van der Waals surface area contributed by atoms with Crippen LogP contribution in [0.4, 0.5) is 5.69 Å². The predicted molar refractivity (Wildman–Crippen MR) is 140 cm³/mol. The first-order chi connectivity index (χ1) is 16.2. The fourth-order valence-corrected chi connectivity index (χ4v) is 4.98. The van der Waals surface area contributed by atoms with Gasteiger partial charge in [-0.05, 0) is 48.2 Å². The van der Waals surface area contributed by atoms with Crippen molar-refractivity contribution < 1.29 is 9.59 Å². The van der Waals surface area contributed by atoms with Crippen LogP contribution >= 0.6 is 15.9 Å². The van der Waals surface area contributed by atoms with Gasteiger partial charge in [-0.15, -0.1) is 0 Å². The maximum atomic E-state index is 13.5. The van der Waals surface area contributed by atoms with E-state index >= 15 is 0 Å². The summed E-state index contributed by atoms with van der Waals surface area (Å²) in [5.74, 6) is 1.72. The highest BCUT2D eigenvalue weighted by Gasteiger charge is 2.35. The van der Waals surface area contributed by atoms with Gasteiger partial charge in [0, 0.05) is 42.1 Å². The normalized spacial score (nSPS) is 16.3. The molecule has 4 rings (SSSR count). The Hall–Kier alpha value is -2.67. The van der Waals surface area contributed by atoms with Gasteiger partial charge >= 0.3 is 0 Å². The highest BCUT2D eigenvalue weighted by molar-refractivity contribution is 9.10. The Morgan fingerprint density at radius 1 is 1.06 bits per heavy atom. The number of hydrogen-bond acceptors (Lipinski definition) is 3. The van der Waals surface area contributed by atoms with Crippen LogP contribution in [-0.4, -0.2) is 45.9 Å². The van der Waals surface area contributed by atoms with Crippen molar-refractivity contribution >= 4 is 44.5 Å². The molecule has 1 saturated heterocycles. The Morgan fingerprint density at radius 3 is 2.35 bits per heavy atom. The van der Waals surface area contributed by atoms with Crippen LogP contribution in [0.2, 0.25) is 0 Å². The molecule has 2 aromatic carbocycles. The van der Waals surface area contributed by atoms with Crippen molar-refractivity contribution in [3.63, 3.8) is 0 Å². The number of amides is 2. The van der Waals surface area contributed by atoms with Crippen molar-refractivity contribution in [2.75, 3.05) is 24.5 Å². The quantitative estimate of drug-likeness (QED) is 0.393. The molecule has 0 saturated carbocycles. The minimum atomic E-state index is -0.0694. The lowest BCUT2D eigenvalue weighted by atomic mass is 10.1. The van der Waals surface area contributed by atoms with Gasteiger partial charge in [0.2, 0.25) is 11.8 Å². The van der Waals surface area contributed by atoms with E-state index in [1.165, 1.54) is 0 Å². The van der Waals surface area contributed by atoms with Crippen molar-refractivity contribution in [3.8, 4) is 0 Å². The molecule has 6 nitrogen and oxygen atoms in total. The number of rotatable bonds is 8. The van der Waals surface area contributed by atoms with Gasteiger partial charge in [0.05, 0.1) is 11.0 Å². The molecule has 1 aliphatic heterocycles. The summed E-state index contributed by atoms with van der Waals surface area (Å²) < 4.78 is 3.01. The monoisotopic (exact) mass is 524 g/mol. The minimum Gasteiger partial charge on any atom is -0.341 e. The van der Waals surface area contributed by atoms with E-state index in [0.29, 0.717) is 24.8 Å². The Morgan fingerprint density at radius 2 is 1.71 bits per heavy atom.